The highest BCUT2D eigenvalue weighted by molar-refractivity contribution is 5.44. The molecule has 0 radical (unpaired) electrons. The van der Waals surface area contributed by atoms with Gasteiger partial charge in [0, 0.05) is 49.5 Å². The smallest absolute Gasteiger partial charge is 0.0544 e. The van der Waals surface area contributed by atoms with E-state index in [-0.39, 0.29) is 0 Å². The molecule has 2 aromatic rings. The highest BCUT2D eigenvalue weighted by atomic mass is 15.1. The van der Waals surface area contributed by atoms with E-state index in [4.69, 9.17) is 0 Å². The molecule has 3 heterocycles. The number of pyridine rings is 2. The first-order valence-corrected chi connectivity index (χ1v) is 7.62. The predicted octanol–water partition coefficient (Wildman–Crippen LogP) is 2.54. The Labute approximate surface area is 126 Å². The van der Waals surface area contributed by atoms with Crippen molar-refractivity contribution < 1.29 is 0 Å². The van der Waals surface area contributed by atoms with E-state index < -0.39 is 0 Å². The van der Waals surface area contributed by atoms with Crippen molar-refractivity contribution in [3.8, 4) is 0 Å². The van der Waals surface area contributed by atoms with Crippen molar-refractivity contribution in [1.29, 1.82) is 0 Å². The van der Waals surface area contributed by atoms with E-state index in [1.54, 1.807) is 0 Å². The largest absolute Gasteiger partial charge is 0.371 e. The van der Waals surface area contributed by atoms with Crippen LogP contribution in [0.25, 0.3) is 0 Å². The molecular weight excluding hydrogens is 260 g/mol. The maximum Gasteiger partial charge on any atom is 0.0544 e. The quantitative estimate of drug-likeness (QED) is 0.935. The Balaban J connectivity index is 1.48. The second-order valence-corrected chi connectivity index (χ2v) is 5.62. The molecule has 1 N–H and O–H groups in total. The molecule has 1 aliphatic heterocycles. The molecule has 0 aliphatic carbocycles. The second kappa shape index (κ2) is 6.68. The van der Waals surface area contributed by atoms with Crippen LogP contribution in [-0.4, -0.2) is 29.1 Å². The van der Waals surface area contributed by atoms with Crippen molar-refractivity contribution in [2.24, 2.45) is 0 Å². The molecule has 110 valence electrons. The van der Waals surface area contributed by atoms with Crippen molar-refractivity contribution in [3.05, 3.63) is 54.1 Å². The Bertz CT molecular complexity index is 562. The van der Waals surface area contributed by atoms with Crippen molar-refractivity contribution in [2.45, 2.75) is 32.4 Å². The van der Waals surface area contributed by atoms with Crippen LogP contribution < -0.4 is 10.2 Å². The maximum absolute atomic E-state index is 4.54. The summed E-state index contributed by atoms with van der Waals surface area (Å²) in [7, 11) is 0. The summed E-state index contributed by atoms with van der Waals surface area (Å²) in [6.07, 6.45) is 6.08. The zero-order chi connectivity index (χ0) is 14.5. The van der Waals surface area contributed by atoms with Crippen LogP contribution in [0, 0.1) is 6.92 Å². The second-order valence-electron chi connectivity index (χ2n) is 5.62. The molecule has 0 bridgehead atoms. The molecule has 0 amide bonds. The SMILES string of the molecule is Cc1cccc(CNC2CCN(c3ccncc3)CC2)n1. The average Bonchev–Trinajstić information content (AvgIpc) is 2.54. The standard InChI is InChI=1S/C17H22N4/c1-14-3-2-4-16(20-14)13-19-15-7-11-21(12-8-15)17-5-9-18-10-6-17/h2-6,9-10,15,19H,7-8,11-13H2,1H3. The van der Waals surface area contributed by atoms with Crippen molar-refractivity contribution in [1.82, 2.24) is 15.3 Å². The lowest BCUT2D eigenvalue weighted by Crippen LogP contribution is -2.42. The number of hydrogen-bond donors (Lipinski definition) is 1. The molecule has 0 unspecified atom stereocenters. The molecule has 0 atom stereocenters. The number of aromatic nitrogens is 2. The van der Waals surface area contributed by atoms with Crippen molar-refractivity contribution in [3.63, 3.8) is 0 Å². The lowest BCUT2D eigenvalue weighted by molar-refractivity contribution is 0.412. The minimum Gasteiger partial charge on any atom is -0.371 e. The molecule has 1 aliphatic rings. The number of piperidine rings is 1. The lowest BCUT2D eigenvalue weighted by atomic mass is 10.0. The lowest BCUT2D eigenvalue weighted by Gasteiger charge is -2.34. The first-order valence-electron chi connectivity index (χ1n) is 7.62. The Morgan fingerprint density at radius 3 is 2.62 bits per heavy atom. The maximum atomic E-state index is 4.54. The van der Waals surface area contributed by atoms with Gasteiger partial charge in [0.25, 0.3) is 0 Å². The van der Waals surface area contributed by atoms with E-state index in [9.17, 15) is 0 Å². The fraction of sp³-hybridized carbons (Fsp3) is 0.412. The number of nitrogens with one attached hydrogen (secondary N) is 1. The van der Waals surface area contributed by atoms with Crippen molar-refractivity contribution in [2.75, 3.05) is 18.0 Å². The third kappa shape index (κ3) is 3.79. The van der Waals surface area contributed by atoms with E-state index in [1.807, 2.05) is 25.4 Å². The predicted molar refractivity (Wildman–Crippen MR) is 85.3 cm³/mol. The third-order valence-corrected chi connectivity index (χ3v) is 4.04. The van der Waals surface area contributed by atoms with E-state index in [2.05, 4.69) is 44.5 Å². The summed E-state index contributed by atoms with van der Waals surface area (Å²) >= 11 is 0. The van der Waals surface area contributed by atoms with Gasteiger partial charge in [0.2, 0.25) is 0 Å². The number of rotatable bonds is 4. The molecule has 21 heavy (non-hydrogen) atoms. The van der Waals surface area contributed by atoms with E-state index in [1.165, 1.54) is 18.5 Å². The topological polar surface area (TPSA) is 41.0 Å². The minimum atomic E-state index is 0.588. The van der Waals surface area contributed by atoms with Gasteiger partial charge in [-0.25, -0.2) is 0 Å². The van der Waals surface area contributed by atoms with E-state index >= 15 is 0 Å². The van der Waals surface area contributed by atoms with E-state index in [0.717, 1.165) is 31.0 Å². The average molecular weight is 282 g/mol. The summed E-state index contributed by atoms with van der Waals surface area (Å²) in [5, 5.41) is 3.64. The molecule has 4 nitrogen and oxygen atoms in total. The molecular formula is C17H22N4. The fourth-order valence-electron chi connectivity index (χ4n) is 2.84. The molecule has 2 aromatic heterocycles. The zero-order valence-electron chi connectivity index (χ0n) is 12.5. The monoisotopic (exact) mass is 282 g/mol. The zero-order valence-corrected chi connectivity index (χ0v) is 12.5. The van der Waals surface area contributed by atoms with Crippen LogP contribution in [-0.2, 0) is 6.54 Å². The highest BCUT2D eigenvalue weighted by Crippen LogP contribution is 2.19. The van der Waals surface area contributed by atoms with Gasteiger partial charge in [-0.3, -0.25) is 9.97 Å². The molecule has 3 rings (SSSR count). The molecule has 0 saturated carbocycles. The van der Waals surface area contributed by atoms with Gasteiger partial charge in [0.15, 0.2) is 0 Å². The van der Waals surface area contributed by atoms with Crippen LogP contribution in [0.4, 0.5) is 5.69 Å². The van der Waals surface area contributed by atoms with Gasteiger partial charge in [-0.1, -0.05) is 6.07 Å². The highest BCUT2D eigenvalue weighted by Gasteiger charge is 2.18. The Kier molecular flexibility index (Phi) is 4.46. The van der Waals surface area contributed by atoms with Crippen LogP contribution in [0.15, 0.2) is 42.7 Å². The minimum absolute atomic E-state index is 0.588. The van der Waals surface area contributed by atoms with Gasteiger partial charge in [0.1, 0.15) is 0 Å². The summed E-state index contributed by atoms with van der Waals surface area (Å²) in [6.45, 7) is 5.10. The van der Waals surface area contributed by atoms with Crippen LogP contribution >= 0.6 is 0 Å². The number of anilines is 1. The van der Waals surface area contributed by atoms with E-state index in [0.29, 0.717) is 6.04 Å². The molecule has 0 aromatic carbocycles. The summed E-state index contributed by atoms with van der Waals surface area (Å²) in [5.41, 5.74) is 3.50. The Hall–Kier alpha value is -1.94. The summed E-state index contributed by atoms with van der Waals surface area (Å²) < 4.78 is 0. The van der Waals surface area contributed by atoms with Crippen LogP contribution in [0.2, 0.25) is 0 Å². The van der Waals surface area contributed by atoms with Gasteiger partial charge in [0.05, 0.1) is 5.69 Å². The first kappa shape index (κ1) is 14.0. The third-order valence-electron chi connectivity index (χ3n) is 4.04. The van der Waals surface area contributed by atoms with Gasteiger partial charge < -0.3 is 10.2 Å². The normalized spacial score (nSPS) is 16.1. The molecule has 1 saturated heterocycles. The van der Waals surface area contributed by atoms with Crippen LogP contribution in [0.1, 0.15) is 24.2 Å². The van der Waals surface area contributed by atoms with Crippen molar-refractivity contribution >= 4 is 5.69 Å². The van der Waals surface area contributed by atoms with Crippen LogP contribution in [0.3, 0.4) is 0 Å². The summed E-state index contributed by atoms with van der Waals surface area (Å²) in [6, 6.07) is 11.0. The van der Waals surface area contributed by atoms with Gasteiger partial charge in [-0.05, 0) is 44.0 Å². The van der Waals surface area contributed by atoms with Gasteiger partial charge in [-0.15, -0.1) is 0 Å². The Morgan fingerprint density at radius 2 is 1.90 bits per heavy atom. The summed E-state index contributed by atoms with van der Waals surface area (Å²) in [5.74, 6) is 0. The molecule has 1 fully saturated rings. The number of nitrogens with zero attached hydrogens (tertiary/aromatic N) is 3. The number of hydrogen-bond acceptors (Lipinski definition) is 4. The van der Waals surface area contributed by atoms with Gasteiger partial charge in [-0.2, -0.15) is 0 Å². The van der Waals surface area contributed by atoms with Crippen LogP contribution in [0.5, 0.6) is 0 Å². The molecule has 4 heteroatoms. The van der Waals surface area contributed by atoms with Gasteiger partial charge >= 0.3 is 0 Å². The summed E-state index contributed by atoms with van der Waals surface area (Å²) in [4.78, 5) is 11.1. The fourth-order valence-corrected chi connectivity index (χ4v) is 2.84. The first-order chi connectivity index (χ1) is 10.3. The Morgan fingerprint density at radius 1 is 1.14 bits per heavy atom. The number of aryl methyl sites for hydroxylation is 1. The molecule has 0 spiro atoms.